The molecule has 3 aromatic rings. The highest BCUT2D eigenvalue weighted by atomic mass is 32.2. The molecule has 12 heteroatoms. The number of anilines is 2. The van der Waals surface area contributed by atoms with Crippen molar-refractivity contribution in [2.75, 3.05) is 29.9 Å². The van der Waals surface area contributed by atoms with Crippen LogP contribution in [0.1, 0.15) is 49.8 Å². The Morgan fingerprint density at radius 2 is 1.66 bits per heavy atom. The molecule has 0 aliphatic heterocycles. The Morgan fingerprint density at radius 1 is 0.974 bits per heavy atom. The highest BCUT2D eigenvalue weighted by molar-refractivity contribution is 7.92. The van der Waals surface area contributed by atoms with Crippen molar-refractivity contribution in [2.24, 2.45) is 0 Å². The van der Waals surface area contributed by atoms with Crippen molar-refractivity contribution in [3.63, 3.8) is 0 Å². The van der Waals surface area contributed by atoms with Gasteiger partial charge in [-0.05, 0) is 56.7 Å². The van der Waals surface area contributed by atoms with E-state index in [1.54, 1.807) is 44.2 Å². The quantitative estimate of drug-likeness (QED) is 0.291. The number of para-hydroxylation sites is 1. The molecule has 2 aromatic carbocycles. The van der Waals surface area contributed by atoms with Crippen LogP contribution in [-0.2, 0) is 24.3 Å². The van der Waals surface area contributed by atoms with Crippen LogP contribution in [0.4, 0.5) is 10.7 Å². The molecule has 38 heavy (non-hydrogen) atoms. The van der Waals surface area contributed by atoms with Gasteiger partial charge in [0.25, 0.3) is 15.9 Å². The van der Waals surface area contributed by atoms with E-state index in [1.165, 1.54) is 32.2 Å². The first kappa shape index (κ1) is 28.5. The average Bonchev–Trinajstić information content (AvgIpc) is 3.23. The van der Waals surface area contributed by atoms with Crippen molar-refractivity contribution in [1.82, 2.24) is 0 Å². The molecule has 0 radical (unpaired) electrons. The number of sulfonamides is 1. The van der Waals surface area contributed by atoms with E-state index in [1.807, 2.05) is 0 Å². The van der Waals surface area contributed by atoms with Gasteiger partial charge in [0.2, 0.25) is 0 Å². The summed E-state index contributed by atoms with van der Waals surface area (Å²) in [5.74, 6) is -2.65. The van der Waals surface area contributed by atoms with Crippen LogP contribution in [0.3, 0.4) is 0 Å². The van der Waals surface area contributed by atoms with Crippen LogP contribution in [0.15, 0.2) is 59.5 Å². The predicted molar refractivity (Wildman–Crippen MR) is 142 cm³/mol. The summed E-state index contributed by atoms with van der Waals surface area (Å²) in [6.45, 7) is 3.93. The number of hydrogen-bond acceptors (Lipinski definition) is 9. The highest BCUT2D eigenvalue weighted by Gasteiger charge is 2.26. The zero-order valence-corrected chi connectivity index (χ0v) is 22.8. The Balaban J connectivity index is 1.72. The molecule has 0 saturated heterocycles. The average molecular weight is 559 g/mol. The second kappa shape index (κ2) is 12.0. The van der Waals surface area contributed by atoms with E-state index < -0.39 is 34.5 Å². The summed E-state index contributed by atoms with van der Waals surface area (Å²) in [5.41, 5.74) is 0.809. The lowest BCUT2D eigenvalue weighted by molar-refractivity contribution is -0.119. The maximum atomic E-state index is 13.0. The van der Waals surface area contributed by atoms with Crippen LogP contribution in [0, 0.1) is 6.92 Å². The van der Waals surface area contributed by atoms with Crippen molar-refractivity contribution < 1.29 is 37.1 Å². The predicted octanol–water partition coefficient (Wildman–Crippen LogP) is 4.06. The van der Waals surface area contributed by atoms with E-state index in [0.29, 0.717) is 16.1 Å². The Morgan fingerprint density at radius 3 is 2.29 bits per heavy atom. The number of thiophene rings is 1. The molecule has 200 valence electrons. The number of carbonyl (C=O) groups excluding carboxylic acids is 4. The molecule has 0 aliphatic rings. The third-order valence-electron chi connectivity index (χ3n) is 5.38. The third-order valence-corrected chi connectivity index (χ3v) is 8.47. The topological polar surface area (TPSA) is 136 Å². The van der Waals surface area contributed by atoms with E-state index in [9.17, 15) is 27.6 Å². The van der Waals surface area contributed by atoms with Crippen LogP contribution in [0.5, 0.6) is 0 Å². The largest absolute Gasteiger partial charge is 0.462 e. The molecule has 3 rings (SSSR count). The van der Waals surface area contributed by atoms with Gasteiger partial charge in [0.05, 0.1) is 33.2 Å². The number of nitrogens with one attached hydrogen (secondary N) is 1. The minimum absolute atomic E-state index is 0.0576. The number of benzene rings is 2. The molecule has 0 fully saturated rings. The lowest BCUT2D eigenvalue weighted by Crippen LogP contribution is -2.26. The molecule has 0 saturated carbocycles. The molecule has 0 aliphatic carbocycles. The van der Waals surface area contributed by atoms with E-state index in [4.69, 9.17) is 9.47 Å². The van der Waals surface area contributed by atoms with Crippen molar-refractivity contribution in [2.45, 2.75) is 25.7 Å². The number of Topliss-reactive ketones (excluding diaryl/α,β-unsaturated/α-hetero) is 1. The standard InChI is InChI=1S/C26H26N2O8S2/c1-5-35-26(32)22-16(2)23(17(3)29)37-24(22)27-21(30)15-36-25(31)18-10-9-13-20(14-18)38(33,34)28(4)19-11-7-6-8-12-19/h6-14H,5,15H2,1-4H3,(H,27,30). The van der Waals surface area contributed by atoms with Crippen LogP contribution >= 0.6 is 11.3 Å². The van der Waals surface area contributed by atoms with Crippen LogP contribution in [0.2, 0.25) is 0 Å². The molecule has 0 bridgehead atoms. The van der Waals surface area contributed by atoms with E-state index in [2.05, 4.69) is 5.32 Å². The number of carbonyl (C=O) groups is 4. The maximum Gasteiger partial charge on any atom is 0.341 e. The highest BCUT2D eigenvalue weighted by Crippen LogP contribution is 2.34. The van der Waals surface area contributed by atoms with Gasteiger partial charge >= 0.3 is 11.9 Å². The fourth-order valence-electron chi connectivity index (χ4n) is 3.48. The zero-order chi connectivity index (χ0) is 28.0. The summed E-state index contributed by atoms with van der Waals surface area (Å²) < 4.78 is 37.3. The maximum absolute atomic E-state index is 13.0. The van der Waals surface area contributed by atoms with E-state index in [-0.39, 0.29) is 33.4 Å². The second-order valence-electron chi connectivity index (χ2n) is 8.00. The van der Waals surface area contributed by atoms with Gasteiger partial charge in [0.15, 0.2) is 12.4 Å². The van der Waals surface area contributed by atoms with Gasteiger partial charge in [-0.1, -0.05) is 24.3 Å². The number of ketones is 1. The number of hydrogen-bond donors (Lipinski definition) is 1. The summed E-state index contributed by atoms with van der Waals surface area (Å²) in [7, 11) is -2.57. The summed E-state index contributed by atoms with van der Waals surface area (Å²) >= 11 is 0.919. The van der Waals surface area contributed by atoms with Gasteiger partial charge in [-0.3, -0.25) is 13.9 Å². The summed E-state index contributed by atoms with van der Waals surface area (Å²) in [6.07, 6.45) is 0. The lowest BCUT2D eigenvalue weighted by atomic mass is 10.1. The van der Waals surface area contributed by atoms with Crippen molar-refractivity contribution in [3.8, 4) is 0 Å². The molecule has 1 aromatic heterocycles. The van der Waals surface area contributed by atoms with E-state index >= 15 is 0 Å². The molecule has 0 unspecified atom stereocenters. The molecule has 1 heterocycles. The fourth-order valence-corrected chi connectivity index (χ4v) is 5.83. The lowest BCUT2D eigenvalue weighted by Gasteiger charge is -2.19. The smallest absolute Gasteiger partial charge is 0.341 e. The molecule has 0 spiro atoms. The molecular weight excluding hydrogens is 532 g/mol. The first-order valence-corrected chi connectivity index (χ1v) is 13.7. The number of ether oxygens (including phenoxy) is 2. The summed E-state index contributed by atoms with van der Waals surface area (Å²) in [4.78, 5) is 49.6. The zero-order valence-electron chi connectivity index (χ0n) is 21.1. The molecule has 1 amide bonds. The van der Waals surface area contributed by atoms with Crippen LogP contribution < -0.4 is 9.62 Å². The number of amides is 1. The van der Waals surface area contributed by atoms with Crippen LogP contribution in [0.25, 0.3) is 0 Å². The minimum atomic E-state index is -3.97. The van der Waals surface area contributed by atoms with Gasteiger partial charge in [0, 0.05) is 7.05 Å². The third kappa shape index (κ3) is 6.26. The summed E-state index contributed by atoms with van der Waals surface area (Å²) in [5, 5.41) is 2.59. The number of nitrogens with zero attached hydrogens (tertiary/aromatic N) is 1. The minimum Gasteiger partial charge on any atom is -0.462 e. The van der Waals surface area contributed by atoms with Gasteiger partial charge in [-0.2, -0.15) is 0 Å². The van der Waals surface area contributed by atoms with Gasteiger partial charge in [0.1, 0.15) is 5.00 Å². The number of esters is 2. The molecular formula is C26H26N2O8S2. The monoisotopic (exact) mass is 558 g/mol. The first-order chi connectivity index (χ1) is 18.0. The van der Waals surface area contributed by atoms with Gasteiger partial charge in [-0.25, -0.2) is 18.0 Å². The normalized spacial score (nSPS) is 10.9. The fraction of sp³-hybridized carbons (Fsp3) is 0.231. The Kier molecular flexibility index (Phi) is 9.02. The second-order valence-corrected chi connectivity index (χ2v) is 11.0. The molecule has 1 N–H and O–H groups in total. The van der Waals surface area contributed by atoms with Crippen molar-refractivity contribution >= 4 is 55.7 Å². The van der Waals surface area contributed by atoms with Crippen LogP contribution in [-0.4, -0.2) is 52.3 Å². The number of rotatable bonds is 10. The SMILES string of the molecule is CCOC(=O)c1c(NC(=O)COC(=O)c2cccc(S(=O)(=O)N(C)c3ccccc3)c2)sc(C(C)=O)c1C. The molecule has 10 nitrogen and oxygen atoms in total. The summed E-state index contributed by atoms with van der Waals surface area (Å²) in [6, 6.07) is 13.7. The van der Waals surface area contributed by atoms with E-state index in [0.717, 1.165) is 21.7 Å². The van der Waals surface area contributed by atoms with Crippen molar-refractivity contribution in [1.29, 1.82) is 0 Å². The van der Waals surface area contributed by atoms with Gasteiger partial charge in [-0.15, -0.1) is 11.3 Å². The van der Waals surface area contributed by atoms with Gasteiger partial charge < -0.3 is 14.8 Å². The Labute approximate surface area is 224 Å². The van der Waals surface area contributed by atoms with Crippen molar-refractivity contribution in [3.05, 3.63) is 76.2 Å². The first-order valence-electron chi connectivity index (χ1n) is 11.4. The molecule has 0 atom stereocenters. The Hall–Kier alpha value is -4.03. The Bertz CT molecular complexity index is 1480.